The molecule has 0 radical (unpaired) electrons. The van der Waals surface area contributed by atoms with Crippen molar-refractivity contribution < 1.29 is 4.79 Å². The predicted molar refractivity (Wildman–Crippen MR) is 145 cm³/mol. The zero-order valence-corrected chi connectivity index (χ0v) is 20.5. The smallest absolute Gasteiger partial charge is 0.255 e. The zero-order chi connectivity index (χ0) is 25.2. The molecule has 1 aliphatic heterocycles. The Kier molecular flexibility index (Phi) is 5.95. The number of piperidine rings is 1. The van der Waals surface area contributed by atoms with Crippen molar-refractivity contribution in [2.75, 3.05) is 23.3 Å². The van der Waals surface area contributed by atoms with Crippen LogP contribution in [0.25, 0.3) is 21.9 Å². The van der Waals surface area contributed by atoms with Crippen molar-refractivity contribution in [3.63, 3.8) is 0 Å². The van der Waals surface area contributed by atoms with Crippen molar-refractivity contribution in [1.82, 2.24) is 25.1 Å². The van der Waals surface area contributed by atoms with Gasteiger partial charge in [-0.25, -0.2) is 15.0 Å². The standard InChI is InChI=1S/C29H25N7O/c1-19-5-7-22(14-21(19)8-6-20-13-23-17-33-35-27(23)30-16-20)29(37)34-24-9-10-25-26(15-24)31-18-32-28(25)36-11-3-2-4-12-36/h5,7,9-10,13-18H,2-4,11-12H2,1H3,(H,34,37)(H,30,33,35). The number of rotatable bonds is 3. The number of amides is 1. The average Bonchev–Trinajstić information content (AvgIpc) is 3.40. The molecule has 2 aromatic carbocycles. The van der Waals surface area contributed by atoms with Crippen molar-refractivity contribution in [3.05, 3.63) is 83.4 Å². The third-order valence-electron chi connectivity index (χ3n) is 6.66. The van der Waals surface area contributed by atoms with Crippen LogP contribution in [0.1, 0.15) is 46.3 Å². The Hall–Kier alpha value is -4.77. The van der Waals surface area contributed by atoms with Gasteiger partial charge in [0, 0.05) is 52.4 Å². The summed E-state index contributed by atoms with van der Waals surface area (Å²) >= 11 is 0. The maximum absolute atomic E-state index is 13.1. The van der Waals surface area contributed by atoms with Gasteiger partial charge in [0.1, 0.15) is 12.1 Å². The topological polar surface area (TPSA) is 99.7 Å². The molecule has 1 amide bonds. The molecular formula is C29H25N7O. The Balaban J connectivity index is 1.23. The molecule has 2 N–H and O–H groups in total. The van der Waals surface area contributed by atoms with E-state index < -0.39 is 0 Å². The molecule has 182 valence electrons. The summed E-state index contributed by atoms with van der Waals surface area (Å²) in [5.41, 5.74) is 5.33. The second kappa shape index (κ2) is 9.70. The maximum atomic E-state index is 13.1. The van der Waals surface area contributed by atoms with E-state index in [0.29, 0.717) is 11.3 Å². The van der Waals surface area contributed by atoms with E-state index in [9.17, 15) is 4.79 Å². The van der Waals surface area contributed by atoms with Gasteiger partial charge in [0.15, 0.2) is 5.65 Å². The lowest BCUT2D eigenvalue weighted by Crippen LogP contribution is -2.30. The minimum Gasteiger partial charge on any atom is -0.356 e. The van der Waals surface area contributed by atoms with Gasteiger partial charge in [0.25, 0.3) is 5.91 Å². The van der Waals surface area contributed by atoms with Gasteiger partial charge in [-0.15, -0.1) is 0 Å². The Morgan fingerprint density at radius 2 is 1.86 bits per heavy atom. The maximum Gasteiger partial charge on any atom is 0.255 e. The minimum absolute atomic E-state index is 0.200. The van der Waals surface area contributed by atoms with Crippen LogP contribution in [0.2, 0.25) is 0 Å². The monoisotopic (exact) mass is 487 g/mol. The van der Waals surface area contributed by atoms with E-state index in [1.807, 2.05) is 49.4 Å². The number of aryl methyl sites for hydroxylation is 1. The third kappa shape index (κ3) is 4.71. The van der Waals surface area contributed by atoms with Crippen LogP contribution in [0, 0.1) is 18.8 Å². The lowest BCUT2D eigenvalue weighted by Gasteiger charge is -2.28. The molecule has 1 aliphatic rings. The number of aromatic nitrogens is 5. The fourth-order valence-electron chi connectivity index (χ4n) is 4.62. The molecule has 37 heavy (non-hydrogen) atoms. The quantitative estimate of drug-likeness (QED) is 0.353. The number of pyridine rings is 1. The molecule has 1 fully saturated rings. The van der Waals surface area contributed by atoms with E-state index in [2.05, 4.69) is 47.2 Å². The number of anilines is 2. The molecule has 0 atom stereocenters. The molecule has 5 aromatic rings. The van der Waals surface area contributed by atoms with Gasteiger partial charge in [-0.2, -0.15) is 5.10 Å². The van der Waals surface area contributed by atoms with E-state index in [-0.39, 0.29) is 5.91 Å². The minimum atomic E-state index is -0.200. The van der Waals surface area contributed by atoms with Crippen LogP contribution in [0.4, 0.5) is 11.5 Å². The van der Waals surface area contributed by atoms with Gasteiger partial charge >= 0.3 is 0 Å². The summed E-state index contributed by atoms with van der Waals surface area (Å²) in [4.78, 5) is 28.7. The van der Waals surface area contributed by atoms with E-state index in [4.69, 9.17) is 0 Å². The largest absolute Gasteiger partial charge is 0.356 e. The summed E-state index contributed by atoms with van der Waals surface area (Å²) < 4.78 is 0. The number of hydrogen-bond acceptors (Lipinski definition) is 6. The van der Waals surface area contributed by atoms with Crippen LogP contribution in [-0.4, -0.2) is 44.1 Å². The number of nitrogens with zero attached hydrogens (tertiary/aromatic N) is 5. The summed E-state index contributed by atoms with van der Waals surface area (Å²) in [5.74, 6) is 7.10. The second-order valence-electron chi connectivity index (χ2n) is 9.24. The van der Waals surface area contributed by atoms with Gasteiger partial charge in [0.05, 0.1) is 11.7 Å². The van der Waals surface area contributed by atoms with Crippen molar-refractivity contribution in [3.8, 4) is 11.8 Å². The number of aromatic amines is 1. The lowest BCUT2D eigenvalue weighted by atomic mass is 10.0. The number of hydrogen-bond donors (Lipinski definition) is 2. The molecule has 0 spiro atoms. The normalized spacial score (nSPS) is 13.4. The molecule has 0 unspecified atom stereocenters. The summed E-state index contributed by atoms with van der Waals surface area (Å²) in [6.45, 7) is 4.00. The van der Waals surface area contributed by atoms with Crippen LogP contribution < -0.4 is 10.2 Å². The van der Waals surface area contributed by atoms with E-state index in [1.54, 1.807) is 18.7 Å². The van der Waals surface area contributed by atoms with Gasteiger partial charge in [0.2, 0.25) is 0 Å². The highest BCUT2D eigenvalue weighted by Crippen LogP contribution is 2.27. The Morgan fingerprint density at radius 3 is 2.76 bits per heavy atom. The van der Waals surface area contributed by atoms with E-state index >= 15 is 0 Å². The van der Waals surface area contributed by atoms with Crippen LogP contribution in [0.15, 0.2) is 61.2 Å². The summed E-state index contributed by atoms with van der Waals surface area (Å²) in [5, 5.41) is 11.7. The SMILES string of the molecule is Cc1ccc(C(=O)Nc2ccc3c(N4CCCCC4)ncnc3c2)cc1C#Cc1cnc2[nH]ncc2c1. The Bertz CT molecular complexity index is 1690. The van der Waals surface area contributed by atoms with Gasteiger partial charge in [-0.3, -0.25) is 9.89 Å². The van der Waals surface area contributed by atoms with Gasteiger partial charge in [-0.05, 0) is 68.1 Å². The Morgan fingerprint density at radius 1 is 0.973 bits per heavy atom. The van der Waals surface area contributed by atoms with Crippen molar-refractivity contribution in [2.45, 2.75) is 26.2 Å². The first-order chi connectivity index (χ1) is 18.1. The van der Waals surface area contributed by atoms with Crippen LogP contribution in [0.3, 0.4) is 0 Å². The fraction of sp³-hybridized carbons (Fsp3) is 0.207. The Labute approximate surface area is 214 Å². The van der Waals surface area contributed by atoms with E-state index in [0.717, 1.165) is 57.5 Å². The number of H-pyrrole nitrogens is 1. The third-order valence-corrected chi connectivity index (χ3v) is 6.66. The first-order valence-corrected chi connectivity index (χ1v) is 12.4. The highest BCUT2D eigenvalue weighted by Gasteiger charge is 2.16. The molecule has 1 saturated heterocycles. The van der Waals surface area contributed by atoms with Crippen molar-refractivity contribution in [1.29, 1.82) is 0 Å². The number of fused-ring (bicyclic) bond motifs is 2. The summed E-state index contributed by atoms with van der Waals surface area (Å²) in [6.07, 6.45) is 8.65. The number of nitrogens with one attached hydrogen (secondary N) is 2. The van der Waals surface area contributed by atoms with Gasteiger partial charge < -0.3 is 10.2 Å². The van der Waals surface area contributed by atoms with Crippen molar-refractivity contribution in [2.24, 2.45) is 0 Å². The molecule has 6 rings (SSSR count). The molecule has 8 heteroatoms. The molecule has 0 aliphatic carbocycles. The highest BCUT2D eigenvalue weighted by molar-refractivity contribution is 6.05. The first kappa shape index (κ1) is 22.7. The average molecular weight is 488 g/mol. The van der Waals surface area contributed by atoms with Crippen LogP contribution in [-0.2, 0) is 0 Å². The van der Waals surface area contributed by atoms with Gasteiger partial charge in [-0.1, -0.05) is 17.9 Å². The number of carbonyl (C=O) groups is 1. The highest BCUT2D eigenvalue weighted by atomic mass is 16.1. The zero-order valence-electron chi connectivity index (χ0n) is 20.5. The predicted octanol–water partition coefficient (Wildman–Crippen LogP) is 4.85. The number of benzene rings is 2. The molecule has 4 heterocycles. The summed E-state index contributed by atoms with van der Waals surface area (Å²) in [7, 11) is 0. The van der Waals surface area contributed by atoms with Crippen LogP contribution >= 0.6 is 0 Å². The molecule has 0 saturated carbocycles. The molecule has 0 bridgehead atoms. The molecule has 3 aromatic heterocycles. The van der Waals surface area contributed by atoms with E-state index in [1.165, 1.54) is 19.3 Å². The second-order valence-corrected chi connectivity index (χ2v) is 9.24. The molecule has 8 nitrogen and oxygen atoms in total. The van der Waals surface area contributed by atoms with Crippen LogP contribution in [0.5, 0.6) is 0 Å². The summed E-state index contributed by atoms with van der Waals surface area (Å²) in [6, 6.07) is 13.3. The van der Waals surface area contributed by atoms with Crippen molar-refractivity contribution >= 4 is 39.3 Å². The lowest BCUT2D eigenvalue weighted by molar-refractivity contribution is 0.102. The first-order valence-electron chi connectivity index (χ1n) is 12.4. The number of carbonyl (C=O) groups excluding carboxylic acids is 1. The molecular weight excluding hydrogens is 462 g/mol. The fourth-order valence-corrected chi connectivity index (χ4v) is 4.62.